The van der Waals surface area contributed by atoms with Crippen LogP contribution >= 0.6 is 0 Å². The van der Waals surface area contributed by atoms with Crippen LogP contribution in [0.2, 0.25) is 0 Å². The molecule has 7 unspecified atom stereocenters. The Balaban J connectivity index is 1.49. The van der Waals surface area contributed by atoms with Crippen molar-refractivity contribution in [3.8, 4) is 0 Å². The van der Waals surface area contributed by atoms with E-state index in [4.69, 9.17) is 57.1 Å². The smallest absolute Gasteiger partial charge is 0.187 e. The van der Waals surface area contributed by atoms with Gasteiger partial charge in [0.05, 0.1) is 43.6 Å². The summed E-state index contributed by atoms with van der Waals surface area (Å²) in [4.78, 5) is 0. The monoisotopic (exact) mass is 657 g/mol. The minimum absolute atomic E-state index is 0.0885. The van der Waals surface area contributed by atoms with Crippen LogP contribution in [-0.2, 0) is 28.4 Å². The number of aliphatic hydroxyl groups excluding tert-OH is 8. The van der Waals surface area contributed by atoms with Crippen LogP contribution in [0.3, 0.4) is 0 Å². The molecule has 19 nitrogen and oxygen atoms in total. The van der Waals surface area contributed by atoms with Gasteiger partial charge in [-0.05, 0) is 19.3 Å². The normalized spacial score (nSPS) is 51.0. The third-order valence-corrected chi connectivity index (χ3v) is 9.20. The van der Waals surface area contributed by atoms with Gasteiger partial charge in [-0.15, -0.1) is 0 Å². The lowest BCUT2D eigenvalue weighted by Gasteiger charge is -2.48. The average molecular weight is 658 g/mol. The molecule has 4 rings (SSSR count). The van der Waals surface area contributed by atoms with E-state index < -0.39 is 129 Å². The summed E-state index contributed by atoms with van der Waals surface area (Å²) in [6.45, 7) is -1.41. The first-order chi connectivity index (χ1) is 21.4. The molecule has 3 heterocycles. The minimum Gasteiger partial charge on any atom is -0.396 e. The number of hydrogen-bond donors (Lipinski definition) is 13. The zero-order valence-corrected chi connectivity index (χ0v) is 24.8. The van der Waals surface area contributed by atoms with Crippen LogP contribution < -0.4 is 28.7 Å². The van der Waals surface area contributed by atoms with Crippen molar-refractivity contribution in [3.63, 3.8) is 0 Å². The van der Waals surface area contributed by atoms with Crippen molar-refractivity contribution >= 4 is 0 Å². The molecule has 0 radical (unpaired) electrons. The lowest BCUT2D eigenvalue weighted by molar-refractivity contribution is -0.306. The van der Waals surface area contributed by atoms with E-state index in [1.54, 1.807) is 0 Å². The van der Waals surface area contributed by atoms with Crippen LogP contribution in [0.25, 0.3) is 0 Å². The fourth-order valence-electron chi connectivity index (χ4n) is 6.49. The van der Waals surface area contributed by atoms with Gasteiger partial charge in [0.2, 0.25) is 0 Å². The Labute approximate surface area is 260 Å². The molecule has 264 valence electrons. The van der Waals surface area contributed by atoms with Crippen molar-refractivity contribution in [1.82, 2.24) is 0 Å². The van der Waals surface area contributed by atoms with E-state index in [9.17, 15) is 40.9 Å². The molecule has 0 aromatic rings. The highest BCUT2D eigenvalue weighted by molar-refractivity contribution is 5.02. The summed E-state index contributed by atoms with van der Waals surface area (Å²) in [5.41, 5.74) is 30.4. The number of hydrogen-bond acceptors (Lipinski definition) is 19. The Morgan fingerprint density at radius 3 is 1.73 bits per heavy atom. The van der Waals surface area contributed by atoms with E-state index >= 15 is 0 Å². The predicted molar refractivity (Wildman–Crippen MR) is 150 cm³/mol. The van der Waals surface area contributed by atoms with E-state index in [-0.39, 0.29) is 19.6 Å². The zero-order valence-electron chi connectivity index (χ0n) is 24.8. The van der Waals surface area contributed by atoms with Crippen molar-refractivity contribution in [2.24, 2.45) is 34.6 Å². The Bertz CT molecular complexity index is 914. The van der Waals surface area contributed by atoms with Gasteiger partial charge < -0.3 is 97.9 Å². The molecule has 1 aliphatic carbocycles. The maximum atomic E-state index is 11.2. The third-order valence-electron chi connectivity index (χ3n) is 9.20. The zero-order chi connectivity index (χ0) is 33.2. The number of rotatable bonds is 12. The Kier molecular flexibility index (Phi) is 13.3. The standard InChI is InChI=1S/C26H51N5O14/c27-5-11-18(37)19(38)15(31)25(40-11)44-22-13(7-34)42-26(20(22)39)45-23-17(36)9(28)4-10(29)21(23)43-24-14(30)16(35)8(2-1-3-32)12(6-33)41-24/h8-26,32-39H,1-7,27-31H2/t8-,9-,10?,11+,12?,13-,14?,15?,16+,17?,18-,19?,20?,21-,22+,23-,24-,25-,26+/m1/s1. The van der Waals surface area contributed by atoms with Gasteiger partial charge >= 0.3 is 0 Å². The number of aliphatic hydroxyl groups is 8. The molecule has 0 bridgehead atoms. The Hall–Kier alpha value is -0.760. The molecule has 4 aliphatic rings. The first-order valence-corrected chi connectivity index (χ1v) is 15.3. The van der Waals surface area contributed by atoms with Gasteiger partial charge in [0, 0.05) is 31.2 Å². The quantitative estimate of drug-likeness (QED) is 0.0926. The van der Waals surface area contributed by atoms with Crippen LogP contribution in [0.4, 0.5) is 0 Å². The molecule has 18 N–H and O–H groups in total. The molecule has 3 aliphatic heterocycles. The largest absolute Gasteiger partial charge is 0.396 e. The maximum Gasteiger partial charge on any atom is 0.187 e. The highest BCUT2D eigenvalue weighted by Crippen LogP contribution is 2.35. The van der Waals surface area contributed by atoms with E-state index in [0.717, 1.165) is 0 Å². The summed E-state index contributed by atoms with van der Waals surface area (Å²) in [7, 11) is 0. The van der Waals surface area contributed by atoms with Crippen LogP contribution in [0.1, 0.15) is 19.3 Å². The number of nitrogens with two attached hydrogens (primary N) is 5. The topological polar surface area (TPSA) is 347 Å². The summed E-state index contributed by atoms with van der Waals surface area (Å²) in [5, 5.41) is 82.7. The Morgan fingerprint density at radius 2 is 1.13 bits per heavy atom. The molecule has 0 amide bonds. The van der Waals surface area contributed by atoms with Gasteiger partial charge in [-0.1, -0.05) is 0 Å². The van der Waals surface area contributed by atoms with Gasteiger partial charge in [-0.3, -0.25) is 0 Å². The first-order valence-electron chi connectivity index (χ1n) is 15.3. The van der Waals surface area contributed by atoms with Crippen LogP contribution in [0, 0.1) is 5.92 Å². The van der Waals surface area contributed by atoms with Crippen molar-refractivity contribution in [1.29, 1.82) is 0 Å². The highest BCUT2D eigenvalue weighted by atomic mass is 16.8. The molecule has 1 saturated carbocycles. The summed E-state index contributed by atoms with van der Waals surface area (Å²) >= 11 is 0. The summed E-state index contributed by atoms with van der Waals surface area (Å²) in [5.74, 6) is -0.580. The lowest BCUT2D eigenvalue weighted by Crippen LogP contribution is -2.67. The van der Waals surface area contributed by atoms with E-state index in [1.807, 2.05) is 0 Å². The lowest BCUT2D eigenvalue weighted by atomic mass is 9.83. The molecule has 0 aromatic heterocycles. The second-order valence-corrected chi connectivity index (χ2v) is 12.2. The molecule has 0 aromatic carbocycles. The van der Waals surface area contributed by atoms with Crippen molar-refractivity contribution < 1.29 is 69.3 Å². The van der Waals surface area contributed by atoms with Crippen molar-refractivity contribution in [2.75, 3.05) is 26.4 Å². The second kappa shape index (κ2) is 16.1. The third kappa shape index (κ3) is 7.78. The fraction of sp³-hybridized carbons (Fsp3) is 1.00. The Morgan fingerprint density at radius 1 is 0.578 bits per heavy atom. The van der Waals surface area contributed by atoms with Crippen molar-refractivity contribution in [2.45, 2.75) is 129 Å². The van der Waals surface area contributed by atoms with E-state index in [0.29, 0.717) is 12.8 Å². The maximum absolute atomic E-state index is 11.2. The van der Waals surface area contributed by atoms with Gasteiger partial charge in [-0.25, -0.2) is 0 Å². The van der Waals surface area contributed by atoms with Gasteiger partial charge in [0.1, 0.15) is 48.8 Å². The second-order valence-electron chi connectivity index (χ2n) is 12.2. The highest BCUT2D eigenvalue weighted by Gasteiger charge is 2.54. The van der Waals surface area contributed by atoms with Crippen LogP contribution in [-0.4, -0.2) is 177 Å². The summed E-state index contributed by atoms with van der Waals surface area (Å²) < 4.78 is 35.1. The van der Waals surface area contributed by atoms with Gasteiger partial charge in [0.15, 0.2) is 18.9 Å². The van der Waals surface area contributed by atoms with Crippen LogP contribution in [0.15, 0.2) is 0 Å². The fourth-order valence-corrected chi connectivity index (χ4v) is 6.49. The average Bonchev–Trinajstić information content (AvgIpc) is 3.32. The summed E-state index contributed by atoms with van der Waals surface area (Å²) in [6.07, 6.45) is -17.3. The minimum atomic E-state index is -1.61. The van der Waals surface area contributed by atoms with E-state index in [2.05, 4.69) is 0 Å². The SMILES string of the molecule is NC[C@@H]1O[C@H](O[C@@H]2C(O)[C@H](O[C@@H]3C(O)[C@H](N)CC(N)[C@H]3O[C@H]3OC(CO)[C@@H](CCCO)[C@H](O)C3N)O[C@@H]2CO)C(N)C(O)[C@@H]1O. The molecule has 19 heteroatoms. The predicted octanol–water partition coefficient (Wildman–Crippen LogP) is -7.83. The first kappa shape index (κ1) is 37.1. The molecule has 3 saturated heterocycles. The number of ether oxygens (including phenoxy) is 6. The molecular weight excluding hydrogens is 606 g/mol. The molecule has 0 spiro atoms. The molecular formula is C26H51N5O14. The molecule has 19 atom stereocenters. The van der Waals surface area contributed by atoms with Gasteiger partial charge in [-0.2, -0.15) is 0 Å². The molecule has 4 fully saturated rings. The summed E-state index contributed by atoms with van der Waals surface area (Å²) in [6, 6.07) is -4.08. The van der Waals surface area contributed by atoms with Crippen LogP contribution in [0.5, 0.6) is 0 Å². The van der Waals surface area contributed by atoms with E-state index in [1.165, 1.54) is 0 Å². The van der Waals surface area contributed by atoms with Crippen molar-refractivity contribution in [3.05, 3.63) is 0 Å². The van der Waals surface area contributed by atoms with Gasteiger partial charge in [0.25, 0.3) is 0 Å². The molecule has 45 heavy (non-hydrogen) atoms.